The summed E-state index contributed by atoms with van der Waals surface area (Å²) in [6.07, 6.45) is 15.9. The SMILES string of the molecule is CNc1ncnc(N)c1N(C=O)C/C=C(\C)CC/C=C(\C)CC[C@@]1(C)C(C)=CCC[C@@H]1C. The first-order valence-electron chi connectivity index (χ1n) is 11.7. The van der Waals surface area contributed by atoms with Gasteiger partial charge in [0.2, 0.25) is 6.41 Å². The highest BCUT2D eigenvalue weighted by atomic mass is 16.1. The third-order valence-corrected chi connectivity index (χ3v) is 7.25. The van der Waals surface area contributed by atoms with E-state index in [2.05, 4.69) is 68.1 Å². The number of aromatic nitrogens is 2. The lowest BCUT2D eigenvalue weighted by Gasteiger charge is -2.40. The molecule has 1 aromatic heterocycles. The van der Waals surface area contributed by atoms with Crippen LogP contribution in [0.2, 0.25) is 0 Å². The van der Waals surface area contributed by atoms with Crippen molar-refractivity contribution in [2.24, 2.45) is 11.3 Å². The van der Waals surface area contributed by atoms with E-state index in [-0.39, 0.29) is 5.82 Å². The molecule has 0 spiro atoms. The molecule has 0 unspecified atom stereocenters. The highest BCUT2D eigenvalue weighted by Gasteiger charge is 2.34. The molecule has 1 aliphatic carbocycles. The molecule has 1 heterocycles. The van der Waals surface area contributed by atoms with Crippen molar-refractivity contribution in [1.29, 1.82) is 0 Å². The lowest BCUT2D eigenvalue weighted by atomic mass is 9.65. The number of nitrogens with one attached hydrogen (secondary N) is 1. The zero-order chi connectivity index (χ0) is 23.7. The topological polar surface area (TPSA) is 84.1 Å². The number of anilines is 3. The van der Waals surface area contributed by atoms with E-state index in [0.29, 0.717) is 23.5 Å². The summed E-state index contributed by atoms with van der Waals surface area (Å²) in [6.45, 7) is 11.9. The minimum absolute atomic E-state index is 0.284. The number of hydrogen-bond donors (Lipinski definition) is 2. The van der Waals surface area contributed by atoms with Crippen LogP contribution in [-0.2, 0) is 4.79 Å². The molecule has 6 nitrogen and oxygen atoms in total. The second-order valence-electron chi connectivity index (χ2n) is 9.39. The summed E-state index contributed by atoms with van der Waals surface area (Å²) >= 11 is 0. The van der Waals surface area contributed by atoms with Crippen LogP contribution in [0.3, 0.4) is 0 Å². The largest absolute Gasteiger partial charge is 0.382 e. The van der Waals surface area contributed by atoms with Crippen molar-refractivity contribution >= 4 is 23.7 Å². The maximum Gasteiger partial charge on any atom is 0.214 e. The van der Waals surface area contributed by atoms with Gasteiger partial charge in [0.15, 0.2) is 11.6 Å². The zero-order valence-electron chi connectivity index (χ0n) is 20.7. The van der Waals surface area contributed by atoms with E-state index in [1.807, 2.05) is 0 Å². The molecule has 1 amide bonds. The molecule has 2 atom stereocenters. The van der Waals surface area contributed by atoms with Crippen molar-refractivity contribution in [2.45, 2.75) is 73.1 Å². The molecule has 0 saturated carbocycles. The number of amides is 1. The minimum atomic E-state index is 0.284. The maximum atomic E-state index is 11.7. The Kier molecular flexibility index (Phi) is 9.48. The van der Waals surface area contributed by atoms with Crippen LogP contribution in [0.15, 0.2) is 41.3 Å². The average molecular weight is 440 g/mol. The standard InChI is InChI=1S/C26H41N5O/c1-19(13-15-26(5)21(3)11-8-12-22(26)4)9-7-10-20(2)14-16-31(18-32)23-24(27)29-17-30-25(23)28-6/h9,11,14,17-18,22H,7-8,10,12-13,15-16H2,1-6H3,(H3,27,28,29,30)/b19-9+,20-14+/t22-,26-/m0/s1. The van der Waals surface area contributed by atoms with Gasteiger partial charge in [0.25, 0.3) is 0 Å². The van der Waals surface area contributed by atoms with E-state index >= 15 is 0 Å². The van der Waals surface area contributed by atoms with Gasteiger partial charge in [-0.1, -0.05) is 48.8 Å². The summed E-state index contributed by atoms with van der Waals surface area (Å²) < 4.78 is 0. The fraction of sp³-hybridized carbons (Fsp3) is 0.577. The number of nitrogens with zero attached hydrogens (tertiary/aromatic N) is 3. The third-order valence-electron chi connectivity index (χ3n) is 7.25. The summed E-state index contributed by atoms with van der Waals surface area (Å²) in [4.78, 5) is 21.4. The van der Waals surface area contributed by atoms with E-state index in [4.69, 9.17) is 5.73 Å². The van der Waals surface area contributed by atoms with Crippen molar-refractivity contribution in [3.8, 4) is 0 Å². The summed E-state index contributed by atoms with van der Waals surface area (Å²) in [5, 5.41) is 2.97. The number of carbonyl (C=O) groups excluding carboxylic acids is 1. The van der Waals surface area contributed by atoms with Gasteiger partial charge in [0.05, 0.1) is 0 Å². The fourth-order valence-electron chi connectivity index (χ4n) is 4.44. The predicted octanol–water partition coefficient (Wildman–Crippen LogP) is 5.90. The van der Waals surface area contributed by atoms with Crippen molar-refractivity contribution in [3.05, 3.63) is 41.3 Å². The Morgan fingerprint density at radius 2 is 2.00 bits per heavy atom. The first-order valence-corrected chi connectivity index (χ1v) is 11.7. The summed E-state index contributed by atoms with van der Waals surface area (Å²) in [7, 11) is 1.75. The number of nitrogens with two attached hydrogens (primary N) is 1. The van der Waals surface area contributed by atoms with Crippen LogP contribution in [0.4, 0.5) is 17.3 Å². The van der Waals surface area contributed by atoms with Crippen LogP contribution in [0.25, 0.3) is 0 Å². The van der Waals surface area contributed by atoms with Gasteiger partial charge in [-0.25, -0.2) is 9.97 Å². The van der Waals surface area contributed by atoms with E-state index in [9.17, 15) is 4.79 Å². The number of carbonyl (C=O) groups is 1. The van der Waals surface area contributed by atoms with Gasteiger partial charge in [0, 0.05) is 13.6 Å². The predicted molar refractivity (Wildman–Crippen MR) is 136 cm³/mol. The Hall–Kier alpha value is -2.63. The molecule has 32 heavy (non-hydrogen) atoms. The lowest BCUT2D eigenvalue weighted by molar-refractivity contribution is -0.107. The van der Waals surface area contributed by atoms with Crippen LogP contribution < -0.4 is 16.0 Å². The van der Waals surface area contributed by atoms with E-state index in [0.717, 1.165) is 31.6 Å². The first-order chi connectivity index (χ1) is 15.2. The smallest absolute Gasteiger partial charge is 0.214 e. The molecule has 0 radical (unpaired) electrons. The monoisotopic (exact) mass is 439 g/mol. The van der Waals surface area contributed by atoms with Gasteiger partial charge >= 0.3 is 0 Å². The van der Waals surface area contributed by atoms with E-state index < -0.39 is 0 Å². The van der Waals surface area contributed by atoms with Gasteiger partial charge in [-0.3, -0.25) is 4.79 Å². The molecule has 2 rings (SSSR count). The third kappa shape index (κ3) is 6.44. The van der Waals surface area contributed by atoms with Crippen molar-refractivity contribution in [3.63, 3.8) is 0 Å². The van der Waals surface area contributed by atoms with Gasteiger partial charge in [-0.15, -0.1) is 0 Å². The number of nitrogen functional groups attached to an aromatic ring is 1. The fourth-order valence-corrected chi connectivity index (χ4v) is 4.44. The van der Waals surface area contributed by atoms with Crippen LogP contribution in [0, 0.1) is 11.3 Å². The van der Waals surface area contributed by atoms with Gasteiger partial charge < -0.3 is 16.0 Å². The molecule has 1 aliphatic rings. The molecule has 176 valence electrons. The molecule has 0 saturated heterocycles. The normalized spacial score (nSPS) is 21.8. The molecule has 0 bridgehead atoms. The van der Waals surface area contributed by atoms with Crippen LogP contribution >= 0.6 is 0 Å². The summed E-state index contributed by atoms with van der Waals surface area (Å²) in [6, 6.07) is 0. The molecule has 3 N–H and O–H groups in total. The summed E-state index contributed by atoms with van der Waals surface area (Å²) in [5.74, 6) is 1.58. The highest BCUT2D eigenvalue weighted by Crippen LogP contribution is 2.45. The van der Waals surface area contributed by atoms with Crippen molar-refractivity contribution in [1.82, 2.24) is 9.97 Å². The van der Waals surface area contributed by atoms with Gasteiger partial charge in [-0.05, 0) is 70.6 Å². The Bertz CT molecular complexity index is 873. The van der Waals surface area contributed by atoms with Crippen LogP contribution in [0.5, 0.6) is 0 Å². The minimum Gasteiger partial charge on any atom is -0.382 e. The Morgan fingerprint density at radius 3 is 2.66 bits per heavy atom. The molecular formula is C26H41N5O. The second-order valence-corrected chi connectivity index (χ2v) is 9.39. The number of rotatable bonds is 11. The van der Waals surface area contributed by atoms with Crippen molar-refractivity contribution < 1.29 is 4.79 Å². The Labute approximate surface area is 194 Å². The highest BCUT2D eigenvalue weighted by molar-refractivity contribution is 5.88. The molecule has 6 heteroatoms. The molecule has 1 aromatic rings. The van der Waals surface area contributed by atoms with E-state index in [1.54, 1.807) is 12.6 Å². The van der Waals surface area contributed by atoms with E-state index in [1.165, 1.54) is 41.6 Å². The maximum absolute atomic E-state index is 11.7. The number of hydrogen-bond acceptors (Lipinski definition) is 5. The lowest BCUT2D eigenvalue weighted by Crippen LogP contribution is -2.29. The molecule has 0 aromatic carbocycles. The molecule has 0 aliphatic heterocycles. The summed E-state index contributed by atoms with van der Waals surface area (Å²) in [5.41, 5.74) is 11.1. The first kappa shape index (κ1) is 25.6. The Morgan fingerprint density at radius 1 is 1.28 bits per heavy atom. The Balaban J connectivity index is 1.89. The zero-order valence-corrected chi connectivity index (χ0v) is 20.7. The van der Waals surface area contributed by atoms with Crippen LogP contribution in [0.1, 0.15) is 73.1 Å². The molecule has 0 fully saturated rings. The van der Waals surface area contributed by atoms with Gasteiger partial charge in [-0.2, -0.15) is 0 Å². The quantitative estimate of drug-likeness (QED) is 0.331. The van der Waals surface area contributed by atoms with Crippen molar-refractivity contribution in [2.75, 3.05) is 29.5 Å². The van der Waals surface area contributed by atoms with Crippen LogP contribution in [-0.4, -0.2) is 30.0 Å². The van der Waals surface area contributed by atoms with Gasteiger partial charge in [0.1, 0.15) is 12.0 Å². The molecular weight excluding hydrogens is 398 g/mol. The second kappa shape index (κ2) is 11.8. The number of allylic oxidation sites excluding steroid dienone is 5. The average Bonchev–Trinajstić information content (AvgIpc) is 2.77.